The maximum atomic E-state index is 12.3. The van der Waals surface area contributed by atoms with E-state index in [0.717, 1.165) is 0 Å². The lowest BCUT2D eigenvalue weighted by atomic mass is 9.79. The Labute approximate surface area is 114 Å². The van der Waals surface area contributed by atoms with Crippen molar-refractivity contribution in [2.45, 2.75) is 45.7 Å². The number of carbonyl (C=O) groups is 2. The fraction of sp³-hybridized carbons (Fsp3) is 0.846. The number of rotatable bonds is 5. The summed E-state index contributed by atoms with van der Waals surface area (Å²) in [6, 6.07) is -0.500. The zero-order valence-electron chi connectivity index (χ0n) is 12.0. The average molecular weight is 271 g/mol. The second-order valence-electron chi connectivity index (χ2n) is 5.46. The molecule has 19 heavy (non-hydrogen) atoms. The van der Waals surface area contributed by atoms with Gasteiger partial charge in [-0.05, 0) is 33.6 Å². The largest absolute Gasteiger partial charge is 0.381 e. The first kappa shape index (κ1) is 15.9. The molecule has 6 nitrogen and oxygen atoms in total. The van der Waals surface area contributed by atoms with Gasteiger partial charge in [-0.1, -0.05) is 0 Å². The van der Waals surface area contributed by atoms with Crippen molar-refractivity contribution in [1.82, 2.24) is 10.6 Å². The summed E-state index contributed by atoms with van der Waals surface area (Å²) in [4.78, 5) is 24.1. The van der Waals surface area contributed by atoms with Gasteiger partial charge in [0, 0.05) is 25.8 Å². The van der Waals surface area contributed by atoms with Crippen molar-refractivity contribution in [2.24, 2.45) is 11.1 Å². The van der Waals surface area contributed by atoms with Crippen molar-refractivity contribution in [3.63, 3.8) is 0 Å². The normalized spacial score (nSPS) is 19.8. The van der Waals surface area contributed by atoms with Gasteiger partial charge in [-0.3, -0.25) is 9.59 Å². The topological polar surface area (TPSA) is 93.5 Å². The van der Waals surface area contributed by atoms with Crippen LogP contribution in [-0.2, 0) is 14.3 Å². The van der Waals surface area contributed by atoms with E-state index < -0.39 is 11.5 Å². The molecule has 0 saturated carbocycles. The zero-order chi connectivity index (χ0) is 14.5. The van der Waals surface area contributed by atoms with E-state index in [-0.39, 0.29) is 24.4 Å². The molecule has 1 atom stereocenters. The molecule has 1 fully saturated rings. The van der Waals surface area contributed by atoms with E-state index in [1.165, 1.54) is 0 Å². The first-order valence-corrected chi connectivity index (χ1v) is 6.80. The summed E-state index contributed by atoms with van der Waals surface area (Å²) in [6.07, 6.45) is 1.21. The van der Waals surface area contributed by atoms with E-state index in [1.807, 2.05) is 13.8 Å². The second kappa shape index (κ2) is 6.86. The summed E-state index contributed by atoms with van der Waals surface area (Å²) >= 11 is 0. The highest BCUT2D eigenvalue weighted by Crippen LogP contribution is 2.29. The second-order valence-corrected chi connectivity index (χ2v) is 5.46. The Kier molecular flexibility index (Phi) is 5.75. The molecule has 6 heteroatoms. The van der Waals surface area contributed by atoms with Crippen molar-refractivity contribution in [2.75, 3.05) is 19.8 Å². The molecule has 0 aromatic carbocycles. The SMILES string of the molecule is CC(C)NC(=O)C(C)NC(=O)C1(CN)CCOCC1. The number of carbonyl (C=O) groups excluding carboxylic acids is 2. The smallest absolute Gasteiger partial charge is 0.242 e. The van der Waals surface area contributed by atoms with Crippen LogP contribution >= 0.6 is 0 Å². The predicted octanol–water partition coefficient (Wildman–Crippen LogP) is -0.229. The first-order valence-electron chi connectivity index (χ1n) is 6.80. The number of hydrogen-bond acceptors (Lipinski definition) is 4. The molecule has 110 valence electrons. The fourth-order valence-electron chi connectivity index (χ4n) is 2.11. The highest BCUT2D eigenvalue weighted by atomic mass is 16.5. The molecule has 2 amide bonds. The van der Waals surface area contributed by atoms with E-state index in [2.05, 4.69) is 10.6 Å². The standard InChI is InChI=1S/C13H25N3O3/c1-9(2)15-11(17)10(3)16-12(18)13(8-14)4-6-19-7-5-13/h9-10H,4-8,14H2,1-3H3,(H,15,17)(H,16,18). The summed E-state index contributed by atoms with van der Waals surface area (Å²) < 4.78 is 5.27. The van der Waals surface area contributed by atoms with E-state index in [1.54, 1.807) is 6.92 Å². The zero-order valence-corrected chi connectivity index (χ0v) is 12.0. The van der Waals surface area contributed by atoms with Crippen LogP contribution in [0.25, 0.3) is 0 Å². The number of ether oxygens (including phenoxy) is 1. The Morgan fingerprint density at radius 1 is 1.21 bits per heavy atom. The van der Waals surface area contributed by atoms with E-state index in [0.29, 0.717) is 26.1 Å². The van der Waals surface area contributed by atoms with Gasteiger partial charge in [-0.25, -0.2) is 0 Å². The van der Waals surface area contributed by atoms with E-state index in [4.69, 9.17) is 10.5 Å². The lowest BCUT2D eigenvalue weighted by Gasteiger charge is -2.35. The Morgan fingerprint density at radius 3 is 2.26 bits per heavy atom. The molecule has 1 aliphatic rings. The molecule has 1 heterocycles. The molecule has 1 aliphatic heterocycles. The van der Waals surface area contributed by atoms with Gasteiger partial charge < -0.3 is 21.1 Å². The molecule has 0 bridgehead atoms. The molecule has 0 aromatic rings. The Hall–Kier alpha value is -1.14. The molecule has 0 spiro atoms. The number of amides is 2. The minimum absolute atomic E-state index is 0.0541. The highest BCUT2D eigenvalue weighted by Gasteiger charge is 2.39. The van der Waals surface area contributed by atoms with Gasteiger partial charge in [-0.2, -0.15) is 0 Å². The minimum atomic E-state index is -0.593. The van der Waals surface area contributed by atoms with Gasteiger partial charge >= 0.3 is 0 Å². The van der Waals surface area contributed by atoms with E-state index in [9.17, 15) is 9.59 Å². The van der Waals surface area contributed by atoms with Crippen LogP contribution in [0.15, 0.2) is 0 Å². The third kappa shape index (κ3) is 4.18. The molecule has 4 N–H and O–H groups in total. The highest BCUT2D eigenvalue weighted by molar-refractivity contribution is 5.90. The van der Waals surface area contributed by atoms with Crippen molar-refractivity contribution in [3.05, 3.63) is 0 Å². The monoisotopic (exact) mass is 271 g/mol. The Balaban J connectivity index is 2.59. The fourth-order valence-corrected chi connectivity index (χ4v) is 2.11. The minimum Gasteiger partial charge on any atom is -0.381 e. The van der Waals surface area contributed by atoms with Gasteiger partial charge in [0.1, 0.15) is 6.04 Å². The van der Waals surface area contributed by atoms with Crippen molar-refractivity contribution in [3.8, 4) is 0 Å². The van der Waals surface area contributed by atoms with Gasteiger partial charge in [-0.15, -0.1) is 0 Å². The lowest BCUT2D eigenvalue weighted by molar-refractivity contribution is -0.139. The van der Waals surface area contributed by atoms with Crippen LogP contribution in [0.5, 0.6) is 0 Å². The molecular weight excluding hydrogens is 246 g/mol. The molecule has 0 aliphatic carbocycles. The Morgan fingerprint density at radius 2 is 1.79 bits per heavy atom. The van der Waals surface area contributed by atoms with Crippen LogP contribution < -0.4 is 16.4 Å². The van der Waals surface area contributed by atoms with Crippen molar-refractivity contribution >= 4 is 11.8 Å². The number of nitrogens with two attached hydrogens (primary N) is 1. The molecule has 1 unspecified atom stereocenters. The van der Waals surface area contributed by atoms with Crippen molar-refractivity contribution < 1.29 is 14.3 Å². The molecule has 0 aromatic heterocycles. The predicted molar refractivity (Wildman–Crippen MR) is 72.4 cm³/mol. The summed E-state index contributed by atoms with van der Waals surface area (Å²) in [5.74, 6) is -0.327. The quantitative estimate of drug-likeness (QED) is 0.644. The third-order valence-corrected chi connectivity index (χ3v) is 3.49. The molecule has 1 saturated heterocycles. The first-order chi connectivity index (χ1) is 8.91. The van der Waals surface area contributed by atoms with Gasteiger partial charge in [0.15, 0.2) is 0 Å². The van der Waals surface area contributed by atoms with Crippen LogP contribution in [0.1, 0.15) is 33.6 Å². The van der Waals surface area contributed by atoms with Crippen LogP contribution in [0.3, 0.4) is 0 Å². The van der Waals surface area contributed by atoms with Crippen LogP contribution in [0.2, 0.25) is 0 Å². The summed E-state index contributed by atoms with van der Waals surface area (Å²) in [6.45, 7) is 6.80. The van der Waals surface area contributed by atoms with Crippen molar-refractivity contribution in [1.29, 1.82) is 0 Å². The number of nitrogens with one attached hydrogen (secondary N) is 2. The van der Waals surface area contributed by atoms with Gasteiger partial charge in [0.05, 0.1) is 5.41 Å². The summed E-state index contributed by atoms with van der Waals surface area (Å²) in [7, 11) is 0. The molecule has 0 radical (unpaired) electrons. The Bertz CT molecular complexity index is 325. The summed E-state index contributed by atoms with van der Waals surface area (Å²) in [5, 5.41) is 5.53. The maximum absolute atomic E-state index is 12.3. The number of hydrogen-bond donors (Lipinski definition) is 3. The molecular formula is C13H25N3O3. The van der Waals surface area contributed by atoms with Gasteiger partial charge in [0.2, 0.25) is 11.8 Å². The van der Waals surface area contributed by atoms with Crippen LogP contribution in [0, 0.1) is 5.41 Å². The summed E-state index contributed by atoms with van der Waals surface area (Å²) in [5.41, 5.74) is 5.16. The average Bonchev–Trinajstić information content (AvgIpc) is 2.38. The van der Waals surface area contributed by atoms with Crippen LogP contribution in [0.4, 0.5) is 0 Å². The van der Waals surface area contributed by atoms with Gasteiger partial charge in [0.25, 0.3) is 0 Å². The van der Waals surface area contributed by atoms with E-state index >= 15 is 0 Å². The lowest BCUT2D eigenvalue weighted by Crippen LogP contribution is -2.54. The maximum Gasteiger partial charge on any atom is 0.242 e. The third-order valence-electron chi connectivity index (χ3n) is 3.49. The van der Waals surface area contributed by atoms with Crippen LogP contribution in [-0.4, -0.2) is 43.7 Å². The molecule has 1 rings (SSSR count).